The van der Waals surface area contributed by atoms with Crippen molar-refractivity contribution in [3.8, 4) is 0 Å². The molecule has 2 atom stereocenters. The van der Waals surface area contributed by atoms with E-state index in [1.54, 1.807) is 0 Å². The number of carboxylic acid groups (broad SMARTS) is 2. The number of rotatable bonds is 9. The molecule has 1 amide bonds. The number of carbonyl (C=O) groups excluding carboxylic acids is 1. The minimum Gasteiger partial charge on any atom is -0.478 e. The van der Waals surface area contributed by atoms with Crippen molar-refractivity contribution in [2.45, 2.75) is 31.9 Å². The van der Waals surface area contributed by atoms with Crippen LogP contribution in [0.15, 0.2) is 66.7 Å². The van der Waals surface area contributed by atoms with Gasteiger partial charge in [-0.15, -0.1) is 0 Å². The molecule has 9 heteroatoms. The Hall–Kier alpha value is -3.69. The van der Waals surface area contributed by atoms with Gasteiger partial charge in [0.1, 0.15) is 6.10 Å². The highest BCUT2D eigenvalue weighted by molar-refractivity contribution is 5.89. The molecule has 2 saturated heterocycles. The third-order valence-corrected chi connectivity index (χ3v) is 6.20. The summed E-state index contributed by atoms with van der Waals surface area (Å²) >= 11 is 0. The molecule has 2 fully saturated rings. The van der Waals surface area contributed by atoms with Crippen LogP contribution in [-0.2, 0) is 25.5 Å². The van der Waals surface area contributed by atoms with Crippen molar-refractivity contribution in [3.05, 3.63) is 83.4 Å². The molecular weight excluding hydrogens is 476 g/mol. The number of hydrogen-bond donors (Lipinski definition) is 2. The van der Waals surface area contributed by atoms with Crippen molar-refractivity contribution < 1.29 is 34.1 Å². The van der Waals surface area contributed by atoms with Gasteiger partial charge in [0.2, 0.25) is 0 Å². The minimum absolute atomic E-state index is 0.0362. The van der Waals surface area contributed by atoms with Crippen LogP contribution >= 0.6 is 0 Å². The van der Waals surface area contributed by atoms with Crippen LogP contribution in [0.3, 0.4) is 0 Å². The summed E-state index contributed by atoms with van der Waals surface area (Å²) in [5.41, 5.74) is 3.62. The molecule has 4 rings (SSSR count). The standard InChI is InChI=1S/C24H30N2O3.C4H4O4/c1-19-6-5-7-20(16-19)17-22-18-26(24(27)29-22)23(21-8-3-2-4-9-21)10-11-25-12-14-28-15-13-25;5-3(6)1-2-4(7)8/h2-9,16,22-23H,10-15,17-18H2,1H3;1-2H,(H,5,6)(H,7,8). The van der Waals surface area contributed by atoms with Gasteiger partial charge in [0.15, 0.2) is 0 Å². The molecule has 0 aromatic heterocycles. The van der Waals surface area contributed by atoms with E-state index in [9.17, 15) is 14.4 Å². The quantitative estimate of drug-likeness (QED) is 0.492. The maximum absolute atomic E-state index is 12.8. The summed E-state index contributed by atoms with van der Waals surface area (Å²) in [6, 6.07) is 18.8. The number of nitrogens with zero attached hydrogens (tertiary/aromatic N) is 2. The number of carbonyl (C=O) groups is 3. The number of benzene rings is 2. The van der Waals surface area contributed by atoms with Crippen molar-refractivity contribution in [2.75, 3.05) is 39.4 Å². The predicted molar refractivity (Wildman–Crippen MR) is 137 cm³/mol. The Morgan fingerprint density at radius 3 is 2.32 bits per heavy atom. The van der Waals surface area contributed by atoms with Gasteiger partial charge in [0.25, 0.3) is 0 Å². The van der Waals surface area contributed by atoms with Crippen LogP contribution in [0.25, 0.3) is 0 Å². The van der Waals surface area contributed by atoms with Gasteiger partial charge in [-0.25, -0.2) is 14.4 Å². The second-order valence-corrected chi connectivity index (χ2v) is 9.03. The zero-order valence-corrected chi connectivity index (χ0v) is 21.0. The molecule has 0 spiro atoms. The number of aryl methyl sites for hydroxylation is 1. The van der Waals surface area contributed by atoms with E-state index >= 15 is 0 Å². The van der Waals surface area contributed by atoms with E-state index in [0.717, 1.165) is 45.7 Å². The van der Waals surface area contributed by atoms with Crippen molar-refractivity contribution in [1.82, 2.24) is 9.80 Å². The molecule has 2 heterocycles. The fourth-order valence-electron chi connectivity index (χ4n) is 4.45. The molecule has 2 aliphatic heterocycles. The Balaban J connectivity index is 0.000000414. The van der Waals surface area contributed by atoms with Gasteiger partial charge in [0.05, 0.1) is 25.8 Å². The Kier molecular flexibility index (Phi) is 10.7. The van der Waals surface area contributed by atoms with E-state index in [2.05, 4.69) is 48.2 Å². The Morgan fingerprint density at radius 2 is 1.70 bits per heavy atom. The lowest BCUT2D eigenvalue weighted by molar-refractivity contribution is -0.134. The summed E-state index contributed by atoms with van der Waals surface area (Å²) in [6.07, 6.45) is 2.48. The van der Waals surface area contributed by atoms with E-state index in [0.29, 0.717) is 18.7 Å². The van der Waals surface area contributed by atoms with Crippen LogP contribution in [0.2, 0.25) is 0 Å². The van der Waals surface area contributed by atoms with Gasteiger partial charge in [0, 0.05) is 38.2 Å². The van der Waals surface area contributed by atoms with Crippen molar-refractivity contribution in [2.24, 2.45) is 0 Å². The van der Waals surface area contributed by atoms with Gasteiger partial charge < -0.3 is 19.7 Å². The summed E-state index contributed by atoms with van der Waals surface area (Å²) in [5, 5.41) is 15.6. The molecule has 198 valence electrons. The Labute approximate surface area is 216 Å². The zero-order valence-electron chi connectivity index (χ0n) is 21.0. The molecule has 0 bridgehead atoms. The zero-order chi connectivity index (χ0) is 26.6. The number of amides is 1. The van der Waals surface area contributed by atoms with E-state index in [1.807, 2.05) is 23.1 Å². The predicted octanol–water partition coefficient (Wildman–Crippen LogP) is 3.53. The molecule has 2 aliphatic rings. The van der Waals surface area contributed by atoms with Crippen molar-refractivity contribution >= 4 is 18.0 Å². The van der Waals surface area contributed by atoms with E-state index in [1.165, 1.54) is 16.7 Å². The number of carboxylic acids is 2. The summed E-state index contributed by atoms with van der Waals surface area (Å²) < 4.78 is 11.2. The maximum atomic E-state index is 12.8. The van der Waals surface area contributed by atoms with Crippen LogP contribution in [0, 0.1) is 6.92 Å². The smallest absolute Gasteiger partial charge is 0.410 e. The molecule has 2 unspecified atom stereocenters. The summed E-state index contributed by atoms with van der Waals surface area (Å²) in [7, 11) is 0. The second-order valence-electron chi connectivity index (χ2n) is 9.03. The average Bonchev–Trinajstić information content (AvgIpc) is 3.24. The number of morpholine rings is 1. The average molecular weight is 511 g/mol. The third kappa shape index (κ3) is 9.36. The monoisotopic (exact) mass is 510 g/mol. The first-order valence-corrected chi connectivity index (χ1v) is 12.3. The number of aliphatic carboxylic acids is 2. The molecule has 2 N–H and O–H groups in total. The maximum Gasteiger partial charge on any atom is 0.410 e. The first-order valence-electron chi connectivity index (χ1n) is 12.3. The van der Waals surface area contributed by atoms with Crippen LogP contribution in [0.1, 0.15) is 29.2 Å². The molecule has 0 saturated carbocycles. The van der Waals surface area contributed by atoms with Crippen molar-refractivity contribution in [3.63, 3.8) is 0 Å². The summed E-state index contributed by atoms with van der Waals surface area (Å²) in [6.45, 7) is 7.18. The highest BCUT2D eigenvalue weighted by Crippen LogP contribution is 2.30. The molecule has 9 nitrogen and oxygen atoms in total. The molecule has 0 radical (unpaired) electrons. The molecular formula is C28H34N2O7. The Morgan fingerprint density at radius 1 is 1.03 bits per heavy atom. The normalized spacial score (nSPS) is 18.7. The van der Waals surface area contributed by atoms with Crippen molar-refractivity contribution in [1.29, 1.82) is 0 Å². The first-order chi connectivity index (χ1) is 17.8. The topological polar surface area (TPSA) is 117 Å². The number of hydrogen-bond acceptors (Lipinski definition) is 6. The highest BCUT2D eigenvalue weighted by atomic mass is 16.6. The van der Waals surface area contributed by atoms with Crippen LogP contribution < -0.4 is 0 Å². The number of cyclic esters (lactones) is 1. The largest absolute Gasteiger partial charge is 0.478 e. The van der Waals surface area contributed by atoms with E-state index in [4.69, 9.17) is 19.7 Å². The van der Waals surface area contributed by atoms with Crippen LogP contribution in [0.5, 0.6) is 0 Å². The molecule has 2 aromatic carbocycles. The van der Waals surface area contributed by atoms with Crippen LogP contribution in [-0.4, -0.2) is 83.5 Å². The van der Waals surface area contributed by atoms with E-state index in [-0.39, 0.29) is 18.2 Å². The lowest BCUT2D eigenvalue weighted by Crippen LogP contribution is -2.39. The van der Waals surface area contributed by atoms with Gasteiger partial charge in [-0.05, 0) is 24.5 Å². The third-order valence-electron chi connectivity index (χ3n) is 6.20. The fourth-order valence-corrected chi connectivity index (χ4v) is 4.45. The molecule has 0 aliphatic carbocycles. The summed E-state index contributed by atoms with van der Waals surface area (Å²) in [4.78, 5) is 36.2. The number of ether oxygens (including phenoxy) is 2. The van der Waals surface area contributed by atoms with Gasteiger partial charge in [-0.3, -0.25) is 9.80 Å². The Bertz CT molecular complexity index is 1050. The molecule has 2 aromatic rings. The van der Waals surface area contributed by atoms with Crippen LogP contribution in [0.4, 0.5) is 4.79 Å². The highest BCUT2D eigenvalue weighted by Gasteiger charge is 2.36. The molecule has 37 heavy (non-hydrogen) atoms. The van der Waals surface area contributed by atoms with Gasteiger partial charge >= 0.3 is 18.0 Å². The van der Waals surface area contributed by atoms with Gasteiger partial charge in [-0.1, -0.05) is 60.2 Å². The lowest BCUT2D eigenvalue weighted by atomic mass is 10.0. The van der Waals surface area contributed by atoms with E-state index < -0.39 is 11.9 Å². The first kappa shape index (κ1) is 27.9. The second kappa shape index (κ2) is 14.2. The fraction of sp³-hybridized carbons (Fsp3) is 0.393. The summed E-state index contributed by atoms with van der Waals surface area (Å²) in [5.74, 6) is -2.51. The SMILES string of the molecule is Cc1cccc(CC2CN(C(CCN3CCOCC3)c3ccccc3)C(=O)O2)c1.O=C(O)C=CC(=O)O. The van der Waals surface area contributed by atoms with Gasteiger partial charge in [-0.2, -0.15) is 0 Å². The lowest BCUT2D eigenvalue weighted by Gasteiger charge is -2.31. The minimum atomic E-state index is -1.26.